The topological polar surface area (TPSA) is 30.3 Å². The molecule has 0 amide bonds. The predicted octanol–water partition coefficient (Wildman–Crippen LogP) is 1.89. The third-order valence-corrected chi connectivity index (χ3v) is 3.37. The van der Waals surface area contributed by atoms with Gasteiger partial charge in [-0.05, 0) is 12.1 Å². The highest BCUT2D eigenvalue weighted by Crippen LogP contribution is 2.22. The summed E-state index contributed by atoms with van der Waals surface area (Å²) in [4.78, 5) is 4.63. The van der Waals surface area contributed by atoms with Crippen molar-refractivity contribution < 1.29 is 0 Å². The number of benzene rings is 1. The first-order valence-electron chi connectivity index (χ1n) is 6.20. The van der Waals surface area contributed by atoms with Gasteiger partial charge in [-0.3, -0.25) is 9.80 Å². The van der Waals surface area contributed by atoms with Gasteiger partial charge in [-0.25, -0.2) is 0 Å². The van der Waals surface area contributed by atoms with Gasteiger partial charge in [0.25, 0.3) is 0 Å². The molecule has 1 unspecified atom stereocenters. The fourth-order valence-corrected chi connectivity index (χ4v) is 2.46. The quantitative estimate of drug-likeness (QED) is 0.741. The zero-order chi connectivity index (χ0) is 12.1. The minimum Gasteiger partial charge on any atom is -0.290 e. The average molecular weight is 229 g/mol. The van der Waals surface area contributed by atoms with Gasteiger partial charge in [0.15, 0.2) is 0 Å². The maximum absolute atomic E-state index is 8.82. The molecule has 0 aromatic heterocycles. The van der Waals surface area contributed by atoms with Gasteiger partial charge in [-0.1, -0.05) is 37.3 Å². The Morgan fingerprint density at radius 3 is 2.59 bits per heavy atom. The minimum absolute atomic E-state index is 0.526. The Bertz CT molecular complexity index is 382. The first-order valence-corrected chi connectivity index (χ1v) is 6.20. The van der Waals surface area contributed by atoms with Gasteiger partial charge in [-0.15, -0.1) is 0 Å². The van der Waals surface area contributed by atoms with Crippen molar-refractivity contribution in [2.75, 3.05) is 32.8 Å². The van der Waals surface area contributed by atoms with Crippen LogP contribution in [0.15, 0.2) is 30.3 Å². The predicted molar refractivity (Wildman–Crippen MR) is 68.5 cm³/mol. The molecule has 1 aromatic rings. The molecule has 0 N–H and O–H groups in total. The Kier molecular flexibility index (Phi) is 4.13. The lowest BCUT2D eigenvalue weighted by atomic mass is 9.96. The molecule has 1 aliphatic heterocycles. The maximum Gasteiger partial charge on any atom is 0.0876 e. The van der Waals surface area contributed by atoms with Gasteiger partial charge in [0.05, 0.1) is 19.3 Å². The molecule has 3 heteroatoms. The molecule has 0 radical (unpaired) electrons. The number of nitriles is 1. The Morgan fingerprint density at radius 2 is 1.94 bits per heavy atom. The third kappa shape index (κ3) is 3.06. The summed E-state index contributed by atoms with van der Waals surface area (Å²) < 4.78 is 0. The maximum atomic E-state index is 8.82. The number of likely N-dealkylation sites (N-methyl/N-ethyl adjacent to an activating group) is 1. The van der Waals surface area contributed by atoms with E-state index in [1.807, 2.05) is 0 Å². The van der Waals surface area contributed by atoms with E-state index in [-0.39, 0.29) is 0 Å². The summed E-state index contributed by atoms with van der Waals surface area (Å²) in [6.45, 7) is 6.77. The fraction of sp³-hybridized carbons (Fsp3) is 0.500. The van der Waals surface area contributed by atoms with Gasteiger partial charge >= 0.3 is 0 Å². The fourth-order valence-electron chi connectivity index (χ4n) is 2.46. The van der Waals surface area contributed by atoms with Crippen LogP contribution in [-0.2, 0) is 0 Å². The molecule has 0 bridgehead atoms. The molecule has 2 rings (SSSR count). The van der Waals surface area contributed by atoms with Crippen LogP contribution in [0.3, 0.4) is 0 Å². The summed E-state index contributed by atoms with van der Waals surface area (Å²) >= 11 is 0. The molecule has 17 heavy (non-hydrogen) atoms. The van der Waals surface area contributed by atoms with Gasteiger partial charge in [0, 0.05) is 19.0 Å². The minimum atomic E-state index is 0.526. The zero-order valence-electron chi connectivity index (χ0n) is 10.3. The van der Waals surface area contributed by atoms with Crippen LogP contribution in [0.25, 0.3) is 0 Å². The molecule has 1 atom stereocenters. The molecular weight excluding hydrogens is 210 g/mol. The van der Waals surface area contributed by atoms with E-state index in [9.17, 15) is 0 Å². The van der Waals surface area contributed by atoms with Crippen molar-refractivity contribution in [1.82, 2.24) is 9.80 Å². The Morgan fingerprint density at radius 1 is 1.24 bits per heavy atom. The first kappa shape index (κ1) is 12.1. The summed E-state index contributed by atoms with van der Waals surface area (Å²) in [6, 6.07) is 12.9. The Labute approximate surface area is 103 Å². The van der Waals surface area contributed by atoms with E-state index < -0.39 is 0 Å². The van der Waals surface area contributed by atoms with Crippen LogP contribution < -0.4 is 0 Å². The number of rotatable bonds is 3. The molecule has 0 spiro atoms. The molecule has 1 aromatic carbocycles. The van der Waals surface area contributed by atoms with Crippen LogP contribution in [0.5, 0.6) is 0 Å². The van der Waals surface area contributed by atoms with Crippen LogP contribution in [0.2, 0.25) is 0 Å². The lowest BCUT2D eigenvalue weighted by Gasteiger charge is -2.39. The van der Waals surface area contributed by atoms with E-state index >= 15 is 0 Å². The summed E-state index contributed by atoms with van der Waals surface area (Å²) in [5.41, 5.74) is 1.38. The summed E-state index contributed by atoms with van der Waals surface area (Å²) in [5, 5.41) is 8.82. The van der Waals surface area contributed by atoms with Gasteiger partial charge in [-0.2, -0.15) is 5.26 Å². The number of hydrogen-bond donors (Lipinski definition) is 0. The van der Waals surface area contributed by atoms with Crippen molar-refractivity contribution in [3.05, 3.63) is 35.9 Å². The molecule has 0 saturated carbocycles. The van der Waals surface area contributed by atoms with Crippen LogP contribution in [0.4, 0.5) is 0 Å². The lowest BCUT2D eigenvalue weighted by Crippen LogP contribution is -2.48. The largest absolute Gasteiger partial charge is 0.290 e. The highest BCUT2D eigenvalue weighted by molar-refractivity contribution is 5.21. The highest BCUT2D eigenvalue weighted by atomic mass is 15.3. The molecule has 90 valence electrons. The van der Waals surface area contributed by atoms with E-state index in [2.05, 4.69) is 53.1 Å². The molecule has 1 saturated heterocycles. The molecule has 3 nitrogen and oxygen atoms in total. The van der Waals surface area contributed by atoms with Crippen LogP contribution in [0.1, 0.15) is 18.4 Å². The summed E-state index contributed by atoms with van der Waals surface area (Å²) in [5.74, 6) is 0.526. The standard InChI is InChI=1S/C14H19N3/c1-2-16-10-14(11-17(12-16)9-8-15)13-6-4-3-5-7-13/h3-7,14H,2,9-12H2,1H3. The van der Waals surface area contributed by atoms with Crippen molar-refractivity contribution in [1.29, 1.82) is 5.26 Å². The normalized spacial score (nSPS) is 22.2. The summed E-state index contributed by atoms with van der Waals surface area (Å²) in [6.07, 6.45) is 0. The van der Waals surface area contributed by atoms with Crippen molar-refractivity contribution >= 4 is 0 Å². The van der Waals surface area contributed by atoms with E-state index in [1.165, 1.54) is 5.56 Å². The second kappa shape index (κ2) is 5.81. The smallest absolute Gasteiger partial charge is 0.0876 e. The van der Waals surface area contributed by atoms with E-state index in [1.54, 1.807) is 0 Å². The molecule has 0 aliphatic carbocycles. The molecule has 1 aliphatic rings. The lowest BCUT2D eigenvalue weighted by molar-refractivity contribution is 0.0859. The second-order valence-corrected chi connectivity index (χ2v) is 4.59. The highest BCUT2D eigenvalue weighted by Gasteiger charge is 2.25. The molecular formula is C14H19N3. The van der Waals surface area contributed by atoms with Crippen molar-refractivity contribution in [2.45, 2.75) is 12.8 Å². The van der Waals surface area contributed by atoms with Gasteiger partial charge < -0.3 is 0 Å². The molecule has 1 heterocycles. The zero-order valence-corrected chi connectivity index (χ0v) is 10.3. The third-order valence-electron chi connectivity index (χ3n) is 3.37. The van der Waals surface area contributed by atoms with Crippen LogP contribution in [0, 0.1) is 11.3 Å². The number of hydrogen-bond acceptors (Lipinski definition) is 3. The Hall–Kier alpha value is -1.37. The molecule has 1 fully saturated rings. The average Bonchev–Trinajstić information content (AvgIpc) is 2.40. The van der Waals surface area contributed by atoms with Crippen LogP contribution in [-0.4, -0.2) is 42.6 Å². The summed E-state index contributed by atoms with van der Waals surface area (Å²) in [7, 11) is 0. The van der Waals surface area contributed by atoms with Crippen molar-refractivity contribution in [3.8, 4) is 6.07 Å². The van der Waals surface area contributed by atoms with Crippen LogP contribution >= 0.6 is 0 Å². The Balaban J connectivity index is 2.09. The van der Waals surface area contributed by atoms with E-state index in [4.69, 9.17) is 5.26 Å². The number of nitrogens with zero attached hydrogens (tertiary/aromatic N) is 3. The van der Waals surface area contributed by atoms with Crippen molar-refractivity contribution in [2.24, 2.45) is 0 Å². The monoisotopic (exact) mass is 229 g/mol. The van der Waals surface area contributed by atoms with E-state index in [0.717, 1.165) is 26.3 Å². The van der Waals surface area contributed by atoms with Crippen molar-refractivity contribution in [3.63, 3.8) is 0 Å². The van der Waals surface area contributed by atoms with Gasteiger partial charge in [0.1, 0.15) is 0 Å². The second-order valence-electron chi connectivity index (χ2n) is 4.59. The van der Waals surface area contributed by atoms with E-state index in [0.29, 0.717) is 12.5 Å². The van der Waals surface area contributed by atoms with Gasteiger partial charge in [0.2, 0.25) is 0 Å². The first-order chi connectivity index (χ1) is 8.33. The SMILES string of the molecule is CCN1CC(c2ccccc2)CN(CC#N)C1.